The summed E-state index contributed by atoms with van der Waals surface area (Å²) in [6.07, 6.45) is -5.17. The third kappa shape index (κ3) is 3.12. The van der Waals surface area contributed by atoms with Crippen molar-refractivity contribution in [3.05, 3.63) is 47.0 Å². The van der Waals surface area contributed by atoms with Crippen molar-refractivity contribution in [1.29, 1.82) is 0 Å². The standard InChI is InChI=1S/C27H33ClO8/c1-13-15(29)11-27(34)22(36-23(32)14-8-6-5-7-9-14)20-25(4,16(28)10-17-26(20,33)12-35-17)21(31)19(30)18(13)24(27,2)3/h5-9,15-17,19-20,22,29-30,33-34H,10-12H2,1-4H3/t15?,16?,17?,19?,20?,22?,25-,26+,27?/m1/s1. The molecule has 3 aliphatic carbocycles. The van der Waals surface area contributed by atoms with E-state index in [-0.39, 0.29) is 30.6 Å². The zero-order chi connectivity index (χ0) is 26.4. The molecule has 2 bridgehead atoms. The van der Waals surface area contributed by atoms with Crippen molar-refractivity contribution in [2.75, 3.05) is 6.61 Å². The normalized spacial score (nSPS) is 45.5. The summed E-state index contributed by atoms with van der Waals surface area (Å²) in [7, 11) is 0. The molecule has 9 heteroatoms. The van der Waals surface area contributed by atoms with Crippen LogP contribution in [0.1, 0.15) is 50.9 Å². The number of alkyl halides is 1. The van der Waals surface area contributed by atoms with Crippen LogP contribution in [-0.2, 0) is 14.3 Å². The van der Waals surface area contributed by atoms with Crippen LogP contribution in [0.4, 0.5) is 0 Å². The van der Waals surface area contributed by atoms with Gasteiger partial charge in [0.25, 0.3) is 0 Å². The van der Waals surface area contributed by atoms with Crippen molar-refractivity contribution < 1.29 is 39.5 Å². The lowest BCUT2D eigenvalue weighted by Crippen LogP contribution is -2.80. The zero-order valence-electron chi connectivity index (χ0n) is 20.8. The Labute approximate surface area is 214 Å². The number of ketones is 1. The lowest BCUT2D eigenvalue weighted by atomic mass is 9.45. The van der Waals surface area contributed by atoms with Crippen molar-refractivity contribution >= 4 is 23.4 Å². The zero-order valence-corrected chi connectivity index (χ0v) is 21.5. The minimum Gasteiger partial charge on any atom is -0.455 e. The molecule has 0 amide bonds. The highest BCUT2D eigenvalue weighted by Gasteiger charge is 2.76. The fourth-order valence-electron chi connectivity index (χ4n) is 7.23. The molecule has 4 aliphatic rings. The molecular weight excluding hydrogens is 488 g/mol. The molecule has 0 radical (unpaired) electrons. The van der Waals surface area contributed by atoms with Gasteiger partial charge in [-0.15, -0.1) is 11.6 Å². The van der Waals surface area contributed by atoms with Crippen LogP contribution in [-0.4, -0.2) is 79.8 Å². The van der Waals surface area contributed by atoms with Crippen molar-refractivity contribution in [1.82, 2.24) is 0 Å². The molecule has 2 saturated carbocycles. The SMILES string of the molecule is CC1=C2C(O)C(=O)[C@]3(C)C(Cl)CC4OC[C@@]4(O)C3C(OC(=O)c3ccccc3)C(O)(CC1O)C2(C)C. The highest BCUT2D eigenvalue weighted by Crippen LogP contribution is 2.63. The lowest BCUT2D eigenvalue weighted by Gasteiger charge is -2.66. The quantitative estimate of drug-likeness (QED) is 0.263. The summed E-state index contributed by atoms with van der Waals surface area (Å²) in [5, 5.41) is 45.9. The Balaban J connectivity index is 1.78. The largest absolute Gasteiger partial charge is 0.455 e. The number of carbonyl (C=O) groups is 2. The topological polar surface area (TPSA) is 134 Å². The highest BCUT2D eigenvalue weighted by atomic mass is 35.5. The highest BCUT2D eigenvalue weighted by molar-refractivity contribution is 6.23. The molecule has 1 saturated heterocycles. The van der Waals surface area contributed by atoms with Gasteiger partial charge in [-0.2, -0.15) is 0 Å². The maximum Gasteiger partial charge on any atom is 0.338 e. The van der Waals surface area contributed by atoms with E-state index in [0.717, 1.165) is 0 Å². The smallest absolute Gasteiger partial charge is 0.338 e. The number of hydrogen-bond acceptors (Lipinski definition) is 8. The molecule has 9 atom stereocenters. The Morgan fingerprint density at radius 1 is 1.14 bits per heavy atom. The van der Waals surface area contributed by atoms with Gasteiger partial charge in [-0.25, -0.2) is 4.79 Å². The molecule has 1 heterocycles. The number of benzene rings is 1. The van der Waals surface area contributed by atoms with E-state index in [0.29, 0.717) is 5.57 Å². The average Bonchev–Trinajstić information content (AvgIpc) is 2.83. The van der Waals surface area contributed by atoms with Crippen LogP contribution < -0.4 is 0 Å². The molecule has 1 aromatic carbocycles. The summed E-state index contributed by atoms with van der Waals surface area (Å²) in [5.41, 5.74) is -5.74. The molecule has 0 aromatic heterocycles. The molecule has 1 aromatic rings. The number of ether oxygens (including phenoxy) is 2. The van der Waals surface area contributed by atoms with Gasteiger partial charge in [0.1, 0.15) is 23.4 Å². The molecule has 196 valence electrons. The number of carbonyl (C=O) groups excluding carboxylic acids is 2. The lowest BCUT2D eigenvalue weighted by molar-refractivity contribution is -0.328. The molecule has 3 fully saturated rings. The van der Waals surface area contributed by atoms with Gasteiger partial charge < -0.3 is 29.9 Å². The van der Waals surface area contributed by atoms with Crippen LogP contribution in [0.3, 0.4) is 0 Å². The van der Waals surface area contributed by atoms with E-state index in [1.165, 1.54) is 0 Å². The number of fused-ring (bicyclic) bond motifs is 5. The molecule has 1 aliphatic heterocycles. The third-order valence-corrected chi connectivity index (χ3v) is 10.2. The molecular formula is C27H33ClO8. The van der Waals surface area contributed by atoms with Gasteiger partial charge in [0, 0.05) is 23.1 Å². The Kier molecular flexibility index (Phi) is 5.80. The first-order chi connectivity index (χ1) is 16.7. The number of aliphatic hydroxyl groups excluding tert-OH is 2. The molecule has 7 unspecified atom stereocenters. The predicted molar refractivity (Wildman–Crippen MR) is 129 cm³/mol. The molecule has 5 rings (SSSR count). The van der Waals surface area contributed by atoms with Crippen LogP contribution in [0.5, 0.6) is 0 Å². The minimum absolute atomic E-state index is 0.144. The van der Waals surface area contributed by atoms with E-state index in [9.17, 15) is 30.0 Å². The Morgan fingerprint density at radius 3 is 2.36 bits per heavy atom. The molecule has 36 heavy (non-hydrogen) atoms. The van der Waals surface area contributed by atoms with E-state index >= 15 is 0 Å². The van der Waals surface area contributed by atoms with Gasteiger partial charge >= 0.3 is 5.97 Å². The summed E-state index contributed by atoms with van der Waals surface area (Å²) in [6.45, 7) is 6.33. The van der Waals surface area contributed by atoms with E-state index in [2.05, 4.69) is 0 Å². The van der Waals surface area contributed by atoms with Gasteiger partial charge in [0.05, 0.1) is 29.8 Å². The van der Waals surface area contributed by atoms with Crippen molar-refractivity contribution in [2.45, 2.75) is 81.5 Å². The van der Waals surface area contributed by atoms with E-state index < -0.39 is 69.5 Å². The van der Waals surface area contributed by atoms with Gasteiger partial charge in [-0.1, -0.05) is 39.0 Å². The second-order valence-electron chi connectivity index (χ2n) is 11.6. The number of halogens is 1. The fraction of sp³-hybridized carbons (Fsp3) is 0.630. The van der Waals surface area contributed by atoms with E-state index in [1.807, 2.05) is 0 Å². The number of esters is 1. The Bertz CT molecular complexity index is 1130. The summed E-state index contributed by atoms with van der Waals surface area (Å²) < 4.78 is 11.7. The van der Waals surface area contributed by atoms with Crippen LogP contribution in [0, 0.1) is 16.7 Å². The van der Waals surface area contributed by atoms with Crippen molar-refractivity contribution in [3.63, 3.8) is 0 Å². The van der Waals surface area contributed by atoms with Crippen LogP contribution >= 0.6 is 11.6 Å². The first-order valence-corrected chi connectivity index (χ1v) is 12.7. The van der Waals surface area contributed by atoms with E-state index in [1.54, 1.807) is 58.0 Å². The summed E-state index contributed by atoms with van der Waals surface area (Å²) in [5.74, 6) is -2.61. The van der Waals surface area contributed by atoms with Gasteiger partial charge in [0.15, 0.2) is 5.78 Å². The van der Waals surface area contributed by atoms with Crippen LogP contribution in [0.15, 0.2) is 41.5 Å². The number of aliphatic hydroxyl groups is 4. The summed E-state index contributed by atoms with van der Waals surface area (Å²) in [6, 6.07) is 8.22. The monoisotopic (exact) mass is 520 g/mol. The van der Waals surface area contributed by atoms with Gasteiger partial charge in [0.2, 0.25) is 0 Å². The average molecular weight is 521 g/mol. The number of rotatable bonds is 2. The summed E-state index contributed by atoms with van der Waals surface area (Å²) in [4.78, 5) is 27.5. The van der Waals surface area contributed by atoms with Gasteiger partial charge in [-0.3, -0.25) is 4.79 Å². The predicted octanol–water partition coefficient (Wildman–Crippen LogP) is 1.76. The Morgan fingerprint density at radius 2 is 1.78 bits per heavy atom. The molecule has 0 spiro atoms. The first-order valence-electron chi connectivity index (χ1n) is 12.3. The Hall–Kier alpha value is -1.81. The van der Waals surface area contributed by atoms with Crippen molar-refractivity contribution in [2.24, 2.45) is 16.7 Å². The van der Waals surface area contributed by atoms with Gasteiger partial charge in [-0.05, 0) is 36.6 Å². The molecule has 4 N–H and O–H groups in total. The second-order valence-corrected chi connectivity index (χ2v) is 12.1. The fourth-order valence-corrected chi connectivity index (χ4v) is 7.63. The van der Waals surface area contributed by atoms with Crippen LogP contribution in [0.25, 0.3) is 0 Å². The van der Waals surface area contributed by atoms with Crippen molar-refractivity contribution in [3.8, 4) is 0 Å². The second kappa shape index (κ2) is 8.09. The third-order valence-electron chi connectivity index (χ3n) is 9.58. The maximum absolute atomic E-state index is 14.1. The minimum atomic E-state index is -1.97. The molecule has 8 nitrogen and oxygen atoms in total. The van der Waals surface area contributed by atoms with E-state index in [4.69, 9.17) is 21.1 Å². The van der Waals surface area contributed by atoms with Crippen LogP contribution in [0.2, 0.25) is 0 Å². The summed E-state index contributed by atoms with van der Waals surface area (Å²) >= 11 is 6.82. The first kappa shape index (κ1) is 25.8. The maximum atomic E-state index is 14.1. The number of hydrogen-bond donors (Lipinski definition) is 4. The number of Topliss-reactive ketones (excluding diaryl/α,β-unsaturated/α-hetero) is 1.